The van der Waals surface area contributed by atoms with Crippen LogP contribution >= 0.6 is 11.3 Å². The van der Waals surface area contributed by atoms with Crippen molar-refractivity contribution in [3.63, 3.8) is 0 Å². The molecular formula is C27H26N2O5S. The second kappa shape index (κ2) is 10.6. The molecule has 0 bridgehead atoms. The normalized spacial score (nSPS) is 15.3. The summed E-state index contributed by atoms with van der Waals surface area (Å²) >= 11 is 1.29. The molecule has 180 valence electrons. The van der Waals surface area contributed by atoms with Crippen molar-refractivity contribution in [3.05, 3.63) is 103 Å². The van der Waals surface area contributed by atoms with Crippen LogP contribution in [0.1, 0.15) is 31.0 Å². The van der Waals surface area contributed by atoms with Crippen molar-refractivity contribution in [2.45, 2.75) is 19.9 Å². The Morgan fingerprint density at radius 3 is 2.46 bits per heavy atom. The van der Waals surface area contributed by atoms with Crippen molar-refractivity contribution in [1.82, 2.24) is 4.57 Å². The largest absolute Gasteiger partial charge is 0.497 e. The Hall–Kier alpha value is -3.91. The average molecular weight is 491 g/mol. The van der Waals surface area contributed by atoms with Crippen LogP contribution in [-0.2, 0) is 9.53 Å². The molecule has 7 nitrogen and oxygen atoms in total. The van der Waals surface area contributed by atoms with E-state index in [0.29, 0.717) is 33.0 Å². The molecular weight excluding hydrogens is 464 g/mol. The van der Waals surface area contributed by atoms with Crippen LogP contribution in [0.25, 0.3) is 6.08 Å². The molecule has 0 radical (unpaired) electrons. The van der Waals surface area contributed by atoms with Gasteiger partial charge in [-0.3, -0.25) is 9.36 Å². The van der Waals surface area contributed by atoms with Crippen LogP contribution in [0.15, 0.2) is 82.2 Å². The Kier molecular flexibility index (Phi) is 7.31. The van der Waals surface area contributed by atoms with E-state index >= 15 is 0 Å². The zero-order valence-corrected chi connectivity index (χ0v) is 20.6. The molecule has 0 aliphatic carbocycles. The predicted molar refractivity (Wildman–Crippen MR) is 136 cm³/mol. The van der Waals surface area contributed by atoms with Gasteiger partial charge in [0, 0.05) is 0 Å². The zero-order chi connectivity index (χ0) is 24.9. The maximum atomic E-state index is 13.6. The number of ether oxygens (including phenoxy) is 3. The van der Waals surface area contributed by atoms with Gasteiger partial charge >= 0.3 is 5.97 Å². The topological polar surface area (TPSA) is 79.1 Å². The maximum absolute atomic E-state index is 13.6. The SMILES string of the molecule is C=CCOc1ccc([C@@H]2C(C(=O)OCC)=C(C)N=c3s/c(=C\c4ccc(OC)cc4)c(=O)n32)cc1. The Labute approximate surface area is 206 Å². The van der Waals surface area contributed by atoms with Gasteiger partial charge in [-0.25, -0.2) is 9.79 Å². The molecule has 8 heteroatoms. The molecule has 4 rings (SSSR count). The molecule has 1 aliphatic heterocycles. The number of aromatic nitrogens is 1. The van der Waals surface area contributed by atoms with E-state index in [9.17, 15) is 9.59 Å². The fourth-order valence-corrected chi connectivity index (χ4v) is 4.91. The minimum Gasteiger partial charge on any atom is -0.497 e. The molecule has 0 amide bonds. The van der Waals surface area contributed by atoms with Crippen molar-refractivity contribution in [3.8, 4) is 11.5 Å². The summed E-state index contributed by atoms with van der Waals surface area (Å²) < 4.78 is 18.2. The number of hydrogen-bond donors (Lipinski definition) is 0. The van der Waals surface area contributed by atoms with Crippen LogP contribution in [0.2, 0.25) is 0 Å². The standard InChI is InChI=1S/C27H26N2O5S/c1-5-15-34-21-13-9-19(10-14-21)24-23(26(31)33-6-2)17(3)28-27-29(24)25(30)22(35-27)16-18-7-11-20(32-4)12-8-18/h5,7-14,16,24H,1,6,15H2,2-4H3/b22-16-/t24-/m1/s1. The number of carbonyl (C=O) groups excluding carboxylic acids is 1. The molecule has 1 aromatic heterocycles. The highest BCUT2D eigenvalue weighted by atomic mass is 32.1. The summed E-state index contributed by atoms with van der Waals surface area (Å²) in [5.74, 6) is 0.910. The van der Waals surface area contributed by atoms with E-state index in [1.807, 2.05) is 54.6 Å². The molecule has 0 fully saturated rings. The summed E-state index contributed by atoms with van der Waals surface area (Å²) in [4.78, 5) is 31.7. The summed E-state index contributed by atoms with van der Waals surface area (Å²) in [5, 5.41) is 0. The van der Waals surface area contributed by atoms with Gasteiger partial charge in [-0.1, -0.05) is 48.3 Å². The molecule has 0 unspecified atom stereocenters. The summed E-state index contributed by atoms with van der Waals surface area (Å²) in [6.07, 6.45) is 3.48. The van der Waals surface area contributed by atoms with Gasteiger partial charge in [-0.2, -0.15) is 0 Å². The number of benzene rings is 2. The number of methoxy groups -OCH3 is 1. The van der Waals surface area contributed by atoms with E-state index in [2.05, 4.69) is 11.6 Å². The first-order valence-electron chi connectivity index (χ1n) is 11.1. The van der Waals surface area contributed by atoms with Crippen LogP contribution in [0, 0.1) is 0 Å². The average Bonchev–Trinajstić information content (AvgIpc) is 3.17. The zero-order valence-electron chi connectivity index (χ0n) is 19.8. The van der Waals surface area contributed by atoms with E-state index in [4.69, 9.17) is 14.2 Å². The summed E-state index contributed by atoms with van der Waals surface area (Å²) in [6, 6.07) is 14.1. The van der Waals surface area contributed by atoms with Gasteiger partial charge in [0.05, 0.1) is 35.6 Å². The third kappa shape index (κ3) is 4.97. The first-order valence-corrected chi connectivity index (χ1v) is 12.0. The number of thiazole rings is 1. The Morgan fingerprint density at radius 1 is 1.14 bits per heavy atom. The Morgan fingerprint density at radius 2 is 1.83 bits per heavy atom. The van der Waals surface area contributed by atoms with Crippen molar-refractivity contribution < 1.29 is 19.0 Å². The molecule has 0 spiro atoms. The van der Waals surface area contributed by atoms with Gasteiger partial charge in [0.1, 0.15) is 18.1 Å². The third-order valence-corrected chi connectivity index (χ3v) is 6.48. The lowest BCUT2D eigenvalue weighted by molar-refractivity contribution is -0.139. The lowest BCUT2D eigenvalue weighted by atomic mass is 9.96. The Balaban J connectivity index is 1.86. The number of hydrogen-bond acceptors (Lipinski definition) is 7. The van der Waals surface area contributed by atoms with Gasteiger partial charge in [-0.15, -0.1) is 0 Å². The molecule has 2 heterocycles. The summed E-state index contributed by atoms with van der Waals surface area (Å²) in [5.41, 5.74) is 2.26. The number of carbonyl (C=O) groups is 1. The highest BCUT2D eigenvalue weighted by Gasteiger charge is 2.33. The summed E-state index contributed by atoms with van der Waals surface area (Å²) in [7, 11) is 1.61. The molecule has 35 heavy (non-hydrogen) atoms. The molecule has 0 N–H and O–H groups in total. The number of esters is 1. The molecule has 0 saturated heterocycles. The van der Waals surface area contributed by atoms with Crippen LogP contribution < -0.4 is 24.4 Å². The first kappa shape index (κ1) is 24.2. The number of nitrogens with zero attached hydrogens (tertiary/aromatic N) is 2. The second-order valence-corrected chi connectivity index (χ2v) is 8.75. The predicted octanol–water partition coefficient (Wildman–Crippen LogP) is 3.37. The van der Waals surface area contributed by atoms with Crippen LogP contribution in [0.5, 0.6) is 11.5 Å². The van der Waals surface area contributed by atoms with Gasteiger partial charge in [0.25, 0.3) is 5.56 Å². The van der Waals surface area contributed by atoms with E-state index in [1.165, 1.54) is 11.3 Å². The fraction of sp³-hybridized carbons (Fsp3) is 0.222. The van der Waals surface area contributed by atoms with E-state index in [-0.39, 0.29) is 12.2 Å². The lowest BCUT2D eigenvalue weighted by Gasteiger charge is -2.24. The van der Waals surface area contributed by atoms with Crippen molar-refractivity contribution in [1.29, 1.82) is 0 Å². The first-order chi connectivity index (χ1) is 17.0. The summed E-state index contributed by atoms with van der Waals surface area (Å²) in [6.45, 7) is 7.78. The highest BCUT2D eigenvalue weighted by molar-refractivity contribution is 7.07. The van der Waals surface area contributed by atoms with E-state index in [0.717, 1.165) is 16.9 Å². The van der Waals surface area contributed by atoms with Gasteiger partial charge in [0.15, 0.2) is 4.80 Å². The van der Waals surface area contributed by atoms with Gasteiger partial charge < -0.3 is 14.2 Å². The number of fused-ring (bicyclic) bond motifs is 1. The molecule has 3 aromatic rings. The minimum atomic E-state index is -0.670. The second-order valence-electron chi connectivity index (χ2n) is 7.74. The molecule has 1 atom stereocenters. The van der Waals surface area contributed by atoms with Crippen LogP contribution in [-0.4, -0.2) is 30.9 Å². The quantitative estimate of drug-likeness (QED) is 0.357. The van der Waals surface area contributed by atoms with Gasteiger partial charge in [-0.05, 0) is 55.3 Å². The maximum Gasteiger partial charge on any atom is 0.338 e. The smallest absolute Gasteiger partial charge is 0.338 e. The lowest BCUT2D eigenvalue weighted by Crippen LogP contribution is -2.39. The third-order valence-electron chi connectivity index (χ3n) is 5.49. The van der Waals surface area contributed by atoms with E-state index in [1.54, 1.807) is 31.6 Å². The van der Waals surface area contributed by atoms with Crippen molar-refractivity contribution in [2.75, 3.05) is 20.3 Å². The number of allylic oxidation sites excluding steroid dienone is 1. The van der Waals surface area contributed by atoms with Crippen molar-refractivity contribution >= 4 is 23.4 Å². The number of rotatable bonds is 8. The van der Waals surface area contributed by atoms with Crippen molar-refractivity contribution in [2.24, 2.45) is 4.99 Å². The molecule has 2 aromatic carbocycles. The highest BCUT2D eigenvalue weighted by Crippen LogP contribution is 2.31. The Bertz CT molecular complexity index is 1450. The van der Waals surface area contributed by atoms with Crippen LogP contribution in [0.3, 0.4) is 0 Å². The fourth-order valence-electron chi connectivity index (χ4n) is 3.86. The van der Waals surface area contributed by atoms with E-state index < -0.39 is 12.0 Å². The van der Waals surface area contributed by atoms with Gasteiger partial charge in [0.2, 0.25) is 0 Å². The molecule has 0 saturated carbocycles. The van der Waals surface area contributed by atoms with Crippen LogP contribution in [0.4, 0.5) is 0 Å². The monoisotopic (exact) mass is 490 g/mol. The minimum absolute atomic E-state index is 0.221. The molecule has 1 aliphatic rings.